The Balaban J connectivity index is 1.43. The molecule has 176 valence electrons. The van der Waals surface area contributed by atoms with Crippen LogP contribution in [0, 0.1) is 23.2 Å². The van der Waals surface area contributed by atoms with Gasteiger partial charge in [0.15, 0.2) is 0 Å². The number of fused-ring (bicyclic) bond motifs is 7. The molecule has 0 unspecified atom stereocenters. The SMILES string of the molecule is CCCCCCCC[C@H]1C[C@@]2(C)[C@@H](C[C@H]3OC(=O)C[C@]32O)[C@@H]2CCc3cc(O)ccc3[C@@H]12. The second kappa shape index (κ2) is 8.34. The highest BCUT2D eigenvalue weighted by Gasteiger charge is 2.71. The number of hydrogen-bond acceptors (Lipinski definition) is 4. The van der Waals surface area contributed by atoms with Gasteiger partial charge in [0.05, 0.1) is 6.42 Å². The highest BCUT2D eigenvalue weighted by Crippen LogP contribution is 2.68. The lowest BCUT2D eigenvalue weighted by atomic mass is 9.49. The topological polar surface area (TPSA) is 66.8 Å². The van der Waals surface area contributed by atoms with Gasteiger partial charge >= 0.3 is 5.97 Å². The minimum absolute atomic E-state index is 0.163. The van der Waals surface area contributed by atoms with Gasteiger partial charge in [0.2, 0.25) is 0 Å². The Morgan fingerprint density at radius 2 is 1.94 bits per heavy atom. The quantitative estimate of drug-likeness (QED) is 0.410. The molecule has 1 heterocycles. The first-order valence-electron chi connectivity index (χ1n) is 13.1. The Kier molecular flexibility index (Phi) is 5.80. The molecule has 7 atom stereocenters. The fourth-order valence-electron chi connectivity index (χ4n) is 8.29. The van der Waals surface area contributed by atoms with Crippen LogP contribution in [0.25, 0.3) is 0 Å². The smallest absolute Gasteiger partial charge is 0.309 e. The number of carbonyl (C=O) groups is 1. The average molecular weight is 441 g/mol. The van der Waals surface area contributed by atoms with Gasteiger partial charge in [-0.3, -0.25) is 4.79 Å². The van der Waals surface area contributed by atoms with E-state index in [0.29, 0.717) is 29.4 Å². The number of carbonyl (C=O) groups excluding carboxylic acids is 1. The van der Waals surface area contributed by atoms with Crippen LogP contribution in [-0.4, -0.2) is 27.9 Å². The number of aromatic hydroxyl groups is 1. The molecule has 0 bridgehead atoms. The third-order valence-electron chi connectivity index (χ3n) is 9.83. The molecule has 4 aliphatic rings. The standard InChI is InChI=1S/C28H40O4/c1-3-4-5-6-7-8-9-19-16-27(2)23(15-24-28(27,31)17-25(30)32-24)22-12-10-18-14-20(29)11-13-21(18)26(19)22/h11,13-14,19,22-24,26,29,31H,3-10,12,15-17H2,1-2H3/t19-,22-,23-,24+,26+,27-,28-/m0/s1. The molecule has 2 N–H and O–H groups in total. The van der Waals surface area contributed by atoms with Crippen molar-refractivity contribution in [2.75, 3.05) is 0 Å². The summed E-state index contributed by atoms with van der Waals surface area (Å²) in [5.74, 6) is 2.05. The van der Waals surface area contributed by atoms with Crippen LogP contribution in [0.3, 0.4) is 0 Å². The minimum atomic E-state index is -1.01. The van der Waals surface area contributed by atoms with Crippen molar-refractivity contribution in [3.63, 3.8) is 0 Å². The summed E-state index contributed by atoms with van der Waals surface area (Å²) in [6.45, 7) is 4.52. The monoisotopic (exact) mass is 440 g/mol. The van der Waals surface area contributed by atoms with Crippen LogP contribution in [0.5, 0.6) is 5.75 Å². The van der Waals surface area contributed by atoms with E-state index in [9.17, 15) is 15.0 Å². The Bertz CT molecular complexity index is 865. The fraction of sp³-hybridized carbons (Fsp3) is 0.750. The van der Waals surface area contributed by atoms with Crippen LogP contribution in [0.2, 0.25) is 0 Å². The summed E-state index contributed by atoms with van der Waals surface area (Å²) < 4.78 is 5.66. The van der Waals surface area contributed by atoms with Gasteiger partial charge in [0, 0.05) is 5.41 Å². The van der Waals surface area contributed by atoms with E-state index in [1.807, 2.05) is 12.1 Å². The molecule has 5 rings (SSSR count). The van der Waals surface area contributed by atoms with E-state index in [1.54, 1.807) is 0 Å². The lowest BCUT2D eigenvalue weighted by Gasteiger charge is -2.56. The maximum Gasteiger partial charge on any atom is 0.309 e. The van der Waals surface area contributed by atoms with Gasteiger partial charge in [-0.1, -0.05) is 58.4 Å². The van der Waals surface area contributed by atoms with Gasteiger partial charge in [0.25, 0.3) is 0 Å². The van der Waals surface area contributed by atoms with Gasteiger partial charge in [0.1, 0.15) is 17.5 Å². The van der Waals surface area contributed by atoms with Crippen LogP contribution < -0.4 is 0 Å². The number of benzene rings is 1. The zero-order valence-electron chi connectivity index (χ0n) is 19.8. The maximum atomic E-state index is 12.1. The first-order chi connectivity index (χ1) is 15.4. The number of esters is 1. The molecule has 1 aromatic carbocycles. The highest BCUT2D eigenvalue weighted by molar-refractivity contribution is 5.74. The Labute approximate surface area is 192 Å². The first kappa shape index (κ1) is 22.3. The molecule has 2 saturated carbocycles. The molecular weight excluding hydrogens is 400 g/mol. The van der Waals surface area contributed by atoms with Crippen LogP contribution in [0.15, 0.2) is 18.2 Å². The van der Waals surface area contributed by atoms with Crippen molar-refractivity contribution >= 4 is 5.97 Å². The zero-order chi connectivity index (χ0) is 22.5. The molecule has 0 amide bonds. The minimum Gasteiger partial charge on any atom is -0.508 e. The molecule has 0 spiro atoms. The largest absolute Gasteiger partial charge is 0.508 e. The molecular formula is C28H40O4. The molecule has 0 aromatic heterocycles. The van der Waals surface area contributed by atoms with Crippen LogP contribution >= 0.6 is 0 Å². The molecule has 0 radical (unpaired) electrons. The number of ether oxygens (including phenoxy) is 1. The fourth-order valence-corrected chi connectivity index (χ4v) is 8.29. The van der Waals surface area contributed by atoms with Crippen molar-refractivity contribution in [2.24, 2.45) is 23.2 Å². The number of rotatable bonds is 7. The van der Waals surface area contributed by atoms with Crippen molar-refractivity contribution in [3.05, 3.63) is 29.3 Å². The number of phenols is 1. The second-order valence-corrected chi connectivity index (χ2v) is 11.5. The first-order valence-corrected chi connectivity index (χ1v) is 13.1. The van der Waals surface area contributed by atoms with Gasteiger partial charge in [-0.2, -0.15) is 0 Å². The maximum absolute atomic E-state index is 12.1. The van der Waals surface area contributed by atoms with E-state index in [1.165, 1.54) is 56.1 Å². The van der Waals surface area contributed by atoms with Crippen LogP contribution in [-0.2, 0) is 16.0 Å². The van der Waals surface area contributed by atoms with Crippen LogP contribution in [0.4, 0.5) is 0 Å². The normalized spacial score (nSPS) is 39.7. The average Bonchev–Trinajstić information content (AvgIpc) is 3.16. The molecule has 4 nitrogen and oxygen atoms in total. The third kappa shape index (κ3) is 3.40. The van der Waals surface area contributed by atoms with Crippen molar-refractivity contribution in [2.45, 2.75) is 109 Å². The lowest BCUT2D eigenvalue weighted by Crippen LogP contribution is -2.54. The number of unbranched alkanes of at least 4 members (excludes halogenated alkanes) is 5. The zero-order valence-corrected chi connectivity index (χ0v) is 19.8. The van der Waals surface area contributed by atoms with Crippen molar-refractivity contribution < 1.29 is 19.7 Å². The van der Waals surface area contributed by atoms with Gasteiger partial charge in [-0.05, 0) is 79.0 Å². The third-order valence-corrected chi connectivity index (χ3v) is 9.83. The van der Waals surface area contributed by atoms with E-state index in [2.05, 4.69) is 19.9 Å². The molecule has 1 aromatic rings. The predicted molar refractivity (Wildman–Crippen MR) is 124 cm³/mol. The van der Waals surface area contributed by atoms with Gasteiger partial charge in [-0.25, -0.2) is 0 Å². The predicted octanol–water partition coefficient (Wildman–Crippen LogP) is 5.88. The van der Waals surface area contributed by atoms with Crippen molar-refractivity contribution in [1.29, 1.82) is 0 Å². The Morgan fingerprint density at radius 1 is 1.16 bits per heavy atom. The molecule has 4 heteroatoms. The summed E-state index contributed by atoms with van der Waals surface area (Å²) in [5, 5.41) is 21.9. The van der Waals surface area contributed by atoms with Crippen molar-refractivity contribution in [3.8, 4) is 5.75 Å². The summed E-state index contributed by atoms with van der Waals surface area (Å²) in [4.78, 5) is 12.1. The second-order valence-electron chi connectivity index (χ2n) is 11.5. The van der Waals surface area contributed by atoms with Crippen LogP contribution in [0.1, 0.15) is 102 Å². The number of hydrogen-bond donors (Lipinski definition) is 2. The van der Waals surface area contributed by atoms with E-state index in [0.717, 1.165) is 25.7 Å². The van der Waals surface area contributed by atoms with E-state index >= 15 is 0 Å². The van der Waals surface area contributed by atoms with E-state index in [-0.39, 0.29) is 23.9 Å². The number of aliphatic hydroxyl groups is 1. The van der Waals surface area contributed by atoms with Gasteiger partial charge in [-0.15, -0.1) is 0 Å². The lowest BCUT2D eigenvalue weighted by molar-refractivity contribution is -0.142. The Hall–Kier alpha value is -1.55. The summed E-state index contributed by atoms with van der Waals surface area (Å²) in [6.07, 6.45) is 12.6. The molecule has 3 aliphatic carbocycles. The summed E-state index contributed by atoms with van der Waals surface area (Å²) in [7, 11) is 0. The van der Waals surface area contributed by atoms with Gasteiger partial charge < -0.3 is 14.9 Å². The molecule has 1 saturated heterocycles. The van der Waals surface area contributed by atoms with E-state index < -0.39 is 5.60 Å². The summed E-state index contributed by atoms with van der Waals surface area (Å²) >= 11 is 0. The molecule has 3 fully saturated rings. The summed E-state index contributed by atoms with van der Waals surface area (Å²) in [5.41, 5.74) is 1.48. The van der Waals surface area contributed by atoms with E-state index in [4.69, 9.17) is 4.74 Å². The molecule has 1 aliphatic heterocycles. The highest BCUT2D eigenvalue weighted by atomic mass is 16.6. The number of aryl methyl sites for hydroxylation is 1. The summed E-state index contributed by atoms with van der Waals surface area (Å²) in [6, 6.07) is 6.00. The van der Waals surface area contributed by atoms with Crippen molar-refractivity contribution in [1.82, 2.24) is 0 Å². The number of phenolic OH excluding ortho intramolecular Hbond substituents is 1. The molecule has 32 heavy (non-hydrogen) atoms. The Morgan fingerprint density at radius 3 is 2.75 bits per heavy atom.